The topological polar surface area (TPSA) is 46.8 Å². The van der Waals surface area contributed by atoms with Crippen LogP contribution in [0.3, 0.4) is 0 Å². The lowest BCUT2D eigenvalue weighted by Gasteiger charge is -2.34. The molecule has 1 aliphatic rings. The highest BCUT2D eigenvalue weighted by molar-refractivity contribution is 5.57. The lowest BCUT2D eigenvalue weighted by atomic mass is 9.91. The van der Waals surface area contributed by atoms with Gasteiger partial charge in [0.15, 0.2) is 0 Å². The molecule has 5 heteroatoms. The fourth-order valence-electron chi connectivity index (χ4n) is 3.14. The first-order chi connectivity index (χ1) is 10.2. The average molecular weight is 285 g/mol. The van der Waals surface area contributed by atoms with Crippen LogP contribution < -0.4 is 0 Å². The van der Waals surface area contributed by atoms with E-state index in [0.29, 0.717) is 12.0 Å². The zero-order valence-electron chi connectivity index (χ0n) is 13.0. The molecule has 0 unspecified atom stereocenters. The number of piperidine rings is 1. The van der Waals surface area contributed by atoms with Crippen LogP contribution >= 0.6 is 0 Å². The van der Waals surface area contributed by atoms with Gasteiger partial charge in [-0.25, -0.2) is 0 Å². The number of nitrogens with zero attached hydrogens (tertiary/aromatic N) is 5. The first-order valence-corrected chi connectivity index (χ1v) is 7.70. The quantitative estimate of drug-likeness (QED) is 0.869. The van der Waals surface area contributed by atoms with Crippen molar-refractivity contribution in [2.75, 3.05) is 13.1 Å². The normalized spacial score (nSPS) is 17.5. The van der Waals surface area contributed by atoms with Crippen molar-refractivity contribution in [3.63, 3.8) is 0 Å². The lowest BCUT2D eigenvalue weighted by Crippen LogP contribution is -2.38. The fraction of sp³-hybridized carbons (Fsp3) is 0.562. The second-order valence-electron chi connectivity index (χ2n) is 6.03. The average Bonchev–Trinajstić information content (AvgIpc) is 2.93. The molecule has 0 aromatic carbocycles. The molecule has 0 spiro atoms. The molecule has 112 valence electrons. The van der Waals surface area contributed by atoms with Gasteiger partial charge >= 0.3 is 0 Å². The first-order valence-electron chi connectivity index (χ1n) is 7.70. The number of rotatable bonds is 3. The summed E-state index contributed by atoms with van der Waals surface area (Å²) in [6.45, 7) is 6.82. The second kappa shape index (κ2) is 5.93. The Morgan fingerprint density at radius 1 is 1.10 bits per heavy atom. The van der Waals surface area contributed by atoms with Gasteiger partial charge < -0.3 is 4.90 Å². The smallest absolute Gasteiger partial charge is 0.110 e. The fourth-order valence-corrected chi connectivity index (χ4v) is 3.14. The van der Waals surface area contributed by atoms with E-state index in [-0.39, 0.29) is 0 Å². The third-order valence-electron chi connectivity index (χ3n) is 4.44. The molecule has 2 aromatic heterocycles. The Bertz CT molecular complexity index is 596. The summed E-state index contributed by atoms with van der Waals surface area (Å²) in [5, 5.41) is 4.26. The van der Waals surface area contributed by atoms with Crippen LogP contribution in [0, 0.1) is 0 Å². The van der Waals surface area contributed by atoms with Crippen molar-refractivity contribution in [3.8, 4) is 11.4 Å². The molecule has 0 saturated carbocycles. The Balaban J connectivity index is 1.86. The molecule has 5 nitrogen and oxygen atoms in total. The zero-order valence-corrected chi connectivity index (χ0v) is 13.0. The van der Waals surface area contributed by atoms with Gasteiger partial charge in [0.05, 0.1) is 11.4 Å². The third kappa shape index (κ3) is 2.83. The third-order valence-corrected chi connectivity index (χ3v) is 4.44. The molecule has 1 fully saturated rings. The molecule has 1 saturated heterocycles. The van der Waals surface area contributed by atoms with Crippen LogP contribution in [0.15, 0.2) is 24.7 Å². The molecule has 0 atom stereocenters. The van der Waals surface area contributed by atoms with Crippen molar-refractivity contribution in [2.24, 2.45) is 7.05 Å². The van der Waals surface area contributed by atoms with Crippen LogP contribution in [0.5, 0.6) is 0 Å². The summed E-state index contributed by atoms with van der Waals surface area (Å²) in [6, 6.07) is 2.64. The first kappa shape index (κ1) is 14.2. The van der Waals surface area contributed by atoms with E-state index in [1.54, 1.807) is 6.20 Å². The number of hydrogen-bond donors (Lipinski definition) is 0. The monoisotopic (exact) mass is 285 g/mol. The molecule has 0 aliphatic carbocycles. The van der Waals surface area contributed by atoms with Crippen molar-refractivity contribution >= 4 is 0 Å². The highest BCUT2D eigenvalue weighted by atomic mass is 15.3. The summed E-state index contributed by atoms with van der Waals surface area (Å²) >= 11 is 0. The van der Waals surface area contributed by atoms with Gasteiger partial charge in [0.25, 0.3) is 0 Å². The van der Waals surface area contributed by atoms with Crippen LogP contribution in [-0.2, 0) is 7.05 Å². The predicted molar refractivity (Wildman–Crippen MR) is 82.9 cm³/mol. The van der Waals surface area contributed by atoms with E-state index in [0.717, 1.165) is 43.0 Å². The van der Waals surface area contributed by atoms with Gasteiger partial charge in [0.2, 0.25) is 0 Å². The summed E-state index contributed by atoms with van der Waals surface area (Å²) in [6.07, 6.45) is 7.71. The summed E-state index contributed by atoms with van der Waals surface area (Å²) in [4.78, 5) is 11.8. The molecule has 0 N–H and O–H groups in total. The maximum Gasteiger partial charge on any atom is 0.110 e. The molecule has 0 amide bonds. The van der Waals surface area contributed by atoms with Gasteiger partial charge in [0.1, 0.15) is 5.69 Å². The van der Waals surface area contributed by atoms with E-state index in [1.165, 1.54) is 0 Å². The van der Waals surface area contributed by atoms with E-state index in [2.05, 4.69) is 33.8 Å². The highest BCUT2D eigenvalue weighted by Crippen LogP contribution is 2.32. The largest absolute Gasteiger partial charge is 0.301 e. The van der Waals surface area contributed by atoms with Crippen LogP contribution in [-0.4, -0.2) is 43.8 Å². The Morgan fingerprint density at radius 2 is 1.81 bits per heavy atom. The summed E-state index contributed by atoms with van der Waals surface area (Å²) in [7, 11) is 1.95. The van der Waals surface area contributed by atoms with E-state index in [1.807, 2.05) is 30.2 Å². The Morgan fingerprint density at radius 3 is 2.43 bits per heavy atom. The van der Waals surface area contributed by atoms with Gasteiger partial charge in [0, 0.05) is 37.6 Å². The molecule has 3 heterocycles. The minimum atomic E-state index is 0.499. The molecular weight excluding hydrogens is 262 g/mol. The van der Waals surface area contributed by atoms with Crippen LogP contribution in [0.25, 0.3) is 11.4 Å². The number of aromatic nitrogens is 4. The summed E-state index contributed by atoms with van der Waals surface area (Å²) in [5.41, 5.74) is 3.16. The van der Waals surface area contributed by atoms with E-state index in [4.69, 9.17) is 0 Å². The Kier molecular flexibility index (Phi) is 4.01. The van der Waals surface area contributed by atoms with Crippen molar-refractivity contribution in [1.82, 2.24) is 24.6 Å². The second-order valence-corrected chi connectivity index (χ2v) is 6.03. The zero-order chi connectivity index (χ0) is 14.8. The van der Waals surface area contributed by atoms with Crippen molar-refractivity contribution in [1.29, 1.82) is 0 Å². The molecule has 21 heavy (non-hydrogen) atoms. The molecule has 0 bridgehead atoms. The lowest BCUT2D eigenvalue weighted by molar-refractivity contribution is 0.171. The molecular formula is C16H23N5. The van der Waals surface area contributed by atoms with E-state index < -0.39 is 0 Å². The van der Waals surface area contributed by atoms with Crippen LogP contribution in [0.2, 0.25) is 0 Å². The number of hydrogen-bond acceptors (Lipinski definition) is 4. The standard InChI is InChI=1S/C16H23N5/c1-12(2)21-10-5-13(6-11-21)15-16(18-9-8-17-15)14-4-7-19-20(14)3/h4,7-9,12-13H,5-6,10-11H2,1-3H3. The summed E-state index contributed by atoms with van der Waals surface area (Å²) in [5.74, 6) is 0.499. The number of likely N-dealkylation sites (tertiary alicyclic amines) is 1. The molecule has 1 aliphatic heterocycles. The van der Waals surface area contributed by atoms with Gasteiger partial charge in [-0.1, -0.05) is 0 Å². The van der Waals surface area contributed by atoms with Gasteiger partial charge in [-0.05, 0) is 45.8 Å². The maximum atomic E-state index is 4.65. The molecule has 2 aromatic rings. The summed E-state index contributed by atoms with van der Waals surface area (Å²) < 4.78 is 1.87. The SMILES string of the molecule is CC(C)N1CCC(c2nccnc2-c2ccnn2C)CC1. The van der Waals surface area contributed by atoms with Gasteiger partial charge in [-0.2, -0.15) is 5.10 Å². The Labute approximate surface area is 126 Å². The van der Waals surface area contributed by atoms with Crippen molar-refractivity contribution in [2.45, 2.75) is 38.6 Å². The maximum absolute atomic E-state index is 4.65. The van der Waals surface area contributed by atoms with Crippen molar-refractivity contribution in [3.05, 3.63) is 30.4 Å². The minimum Gasteiger partial charge on any atom is -0.301 e. The minimum absolute atomic E-state index is 0.499. The number of aryl methyl sites for hydroxylation is 1. The van der Waals surface area contributed by atoms with Crippen LogP contribution in [0.1, 0.15) is 38.3 Å². The van der Waals surface area contributed by atoms with Gasteiger partial charge in [-0.3, -0.25) is 14.6 Å². The van der Waals surface area contributed by atoms with Crippen molar-refractivity contribution < 1.29 is 0 Å². The van der Waals surface area contributed by atoms with Gasteiger partial charge in [-0.15, -0.1) is 0 Å². The van der Waals surface area contributed by atoms with E-state index >= 15 is 0 Å². The Hall–Kier alpha value is -1.75. The molecule has 0 radical (unpaired) electrons. The highest BCUT2D eigenvalue weighted by Gasteiger charge is 2.26. The van der Waals surface area contributed by atoms with E-state index in [9.17, 15) is 0 Å². The molecule has 3 rings (SSSR count). The predicted octanol–water partition coefficient (Wildman–Crippen LogP) is 2.46. The van der Waals surface area contributed by atoms with Crippen LogP contribution in [0.4, 0.5) is 0 Å².